The Hall–Kier alpha value is -1.89. The molecule has 1 aliphatic heterocycles. The van der Waals surface area contributed by atoms with Gasteiger partial charge in [-0.3, -0.25) is 14.6 Å². The molecule has 3 rings (SSSR count). The lowest BCUT2D eigenvalue weighted by Gasteiger charge is -2.34. The fourth-order valence-electron chi connectivity index (χ4n) is 3.24. The first kappa shape index (κ1) is 16.0. The Morgan fingerprint density at radius 1 is 1.48 bits per heavy atom. The minimum absolute atomic E-state index is 0.107. The molecule has 0 saturated carbocycles. The summed E-state index contributed by atoms with van der Waals surface area (Å²) in [6.07, 6.45) is 2.09. The number of ether oxygens (including phenoxy) is 1. The summed E-state index contributed by atoms with van der Waals surface area (Å²) in [5.74, 6) is -0.307. The molecular formula is C17H24N4O2. The number of primary amides is 1. The van der Waals surface area contributed by atoms with E-state index >= 15 is 0 Å². The summed E-state index contributed by atoms with van der Waals surface area (Å²) in [6.45, 7) is 4.38. The molecule has 1 saturated heterocycles. The van der Waals surface area contributed by atoms with Gasteiger partial charge in [-0.05, 0) is 24.1 Å². The number of aromatic amines is 1. The Bertz CT molecular complexity index is 669. The number of hydrogen-bond acceptors (Lipinski definition) is 4. The van der Waals surface area contributed by atoms with Gasteiger partial charge in [-0.25, -0.2) is 0 Å². The number of H-pyrrole nitrogens is 1. The fraction of sp³-hybridized carbons (Fsp3) is 0.471. The van der Waals surface area contributed by atoms with Crippen molar-refractivity contribution in [3.8, 4) is 0 Å². The second kappa shape index (κ2) is 7.12. The molecule has 6 nitrogen and oxygen atoms in total. The van der Waals surface area contributed by atoms with Gasteiger partial charge in [-0.2, -0.15) is 0 Å². The van der Waals surface area contributed by atoms with E-state index in [1.54, 1.807) is 0 Å². The van der Waals surface area contributed by atoms with Gasteiger partial charge in [0.1, 0.15) is 0 Å². The first-order valence-electron chi connectivity index (χ1n) is 7.97. The molecule has 1 aliphatic rings. The SMILES string of the molecule is CN(CC(N)=O)C[C@H]1CN(Cc2cccc3cc[nH]c23)CCO1. The second-order valence-corrected chi connectivity index (χ2v) is 6.25. The third-order valence-electron chi connectivity index (χ3n) is 4.23. The van der Waals surface area contributed by atoms with E-state index in [9.17, 15) is 4.79 Å². The Kier molecular flexibility index (Phi) is 4.95. The van der Waals surface area contributed by atoms with Crippen LogP contribution in [0.25, 0.3) is 10.9 Å². The van der Waals surface area contributed by atoms with Crippen LogP contribution in [0, 0.1) is 0 Å². The highest BCUT2D eigenvalue weighted by molar-refractivity contribution is 5.82. The van der Waals surface area contributed by atoms with Crippen molar-refractivity contribution >= 4 is 16.8 Å². The quantitative estimate of drug-likeness (QED) is 0.826. The van der Waals surface area contributed by atoms with Gasteiger partial charge in [-0.1, -0.05) is 18.2 Å². The molecule has 1 amide bonds. The van der Waals surface area contributed by atoms with E-state index in [0.717, 1.165) is 26.2 Å². The van der Waals surface area contributed by atoms with E-state index < -0.39 is 0 Å². The fourth-order valence-corrected chi connectivity index (χ4v) is 3.24. The molecule has 0 radical (unpaired) electrons. The number of aromatic nitrogens is 1. The van der Waals surface area contributed by atoms with Crippen molar-refractivity contribution in [1.82, 2.24) is 14.8 Å². The van der Waals surface area contributed by atoms with Gasteiger partial charge < -0.3 is 15.5 Å². The van der Waals surface area contributed by atoms with Crippen molar-refractivity contribution in [3.05, 3.63) is 36.0 Å². The summed E-state index contributed by atoms with van der Waals surface area (Å²) < 4.78 is 5.83. The molecule has 124 valence electrons. The molecule has 1 aromatic heterocycles. The number of hydrogen-bond donors (Lipinski definition) is 2. The lowest BCUT2D eigenvalue weighted by Crippen LogP contribution is -2.47. The molecule has 0 bridgehead atoms. The molecular weight excluding hydrogens is 292 g/mol. The molecule has 3 N–H and O–H groups in total. The second-order valence-electron chi connectivity index (χ2n) is 6.25. The predicted molar refractivity (Wildman–Crippen MR) is 90.0 cm³/mol. The van der Waals surface area contributed by atoms with E-state index in [0.29, 0.717) is 6.54 Å². The molecule has 0 aliphatic carbocycles. The van der Waals surface area contributed by atoms with Gasteiger partial charge in [0.15, 0.2) is 0 Å². The molecule has 1 fully saturated rings. The monoisotopic (exact) mass is 316 g/mol. The van der Waals surface area contributed by atoms with Crippen molar-refractivity contribution in [1.29, 1.82) is 0 Å². The highest BCUT2D eigenvalue weighted by Crippen LogP contribution is 2.19. The number of rotatable bonds is 6. The zero-order valence-electron chi connectivity index (χ0n) is 13.5. The van der Waals surface area contributed by atoms with Crippen molar-refractivity contribution in [3.63, 3.8) is 0 Å². The maximum absolute atomic E-state index is 11.0. The lowest BCUT2D eigenvalue weighted by molar-refractivity contribution is -0.119. The maximum Gasteiger partial charge on any atom is 0.231 e. The zero-order valence-corrected chi connectivity index (χ0v) is 13.5. The van der Waals surface area contributed by atoms with Crippen LogP contribution < -0.4 is 5.73 Å². The molecule has 1 atom stereocenters. The summed E-state index contributed by atoms with van der Waals surface area (Å²) in [7, 11) is 1.90. The Labute approximate surface area is 136 Å². The predicted octanol–water partition coefficient (Wildman–Crippen LogP) is 0.786. The molecule has 2 heterocycles. The van der Waals surface area contributed by atoms with Gasteiger partial charge in [-0.15, -0.1) is 0 Å². The van der Waals surface area contributed by atoms with E-state index in [1.807, 2.05) is 18.1 Å². The number of nitrogens with one attached hydrogen (secondary N) is 1. The van der Waals surface area contributed by atoms with E-state index in [-0.39, 0.29) is 18.6 Å². The van der Waals surface area contributed by atoms with Crippen LogP contribution in [-0.4, -0.2) is 66.6 Å². The van der Waals surface area contributed by atoms with Crippen LogP contribution in [0.2, 0.25) is 0 Å². The molecule has 2 aromatic rings. The average Bonchev–Trinajstić information content (AvgIpc) is 2.96. The zero-order chi connectivity index (χ0) is 16.2. The summed E-state index contributed by atoms with van der Waals surface area (Å²) in [6, 6.07) is 8.49. The van der Waals surface area contributed by atoms with E-state index in [4.69, 9.17) is 10.5 Å². The maximum atomic E-state index is 11.0. The minimum Gasteiger partial charge on any atom is -0.374 e. The van der Waals surface area contributed by atoms with Gasteiger partial charge in [0, 0.05) is 37.9 Å². The van der Waals surface area contributed by atoms with Crippen LogP contribution in [0.1, 0.15) is 5.56 Å². The summed E-state index contributed by atoms with van der Waals surface area (Å²) >= 11 is 0. The molecule has 0 spiro atoms. The van der Waals surface area contributed by atoms with Crippen molar-refractivity contribution in [2.24, 2.45) is 5.73 Å². The van der Waals surface area contributed by atoms with Crippen molar-refractivity contribution in [2.75, 3.05) is 39.8 Å². The third-order valence-corrected chi connectivity index (χ3v) is 4.23. The first-order valence-corrected chi connectivity index (χ1v) is 7.97. The van der Waals surface area contributed by atoms with Gasteiger partial charge >= 0.3 is 0 Å². The van der Waals surface area contributed by atoms with Gasteiger partial charge in [0.05, 0.1) is 19.3 Å². The largest absolute Gasteiger partial charge is 0.374 e. The highest BCUT2D eigenvalue weighted by atomic mass is 16.5. The topological polar surface area (TPSA) is 74.6 Å². The Morgan fingerprint density at radius 3 is 3.17 bits per heavy atom. The van der Waals surface area contributed by atoms with Crippen LogP contribution in [0.3, 0.4) is 0 Å². The van der Waals surface area contributed by atoms with Gasteiger partial charge in [0.2, 0.25) is 5.91 Å². The number of fused-ring (bicyclic) bond motifs is 1. The number of carbonyl (C=O) groups excluding carboxylic acids is 1. The molecule has 23 heavy (non-hydrogen) atoms. The third kappa shape index (κ3) is 4.10. The van der Waals surface area contributed by atoms with E-state index in [2.05, 4.69) is 34.1 Å². The van der Waals surface area contributed by atoms with Crippen LogP contribution in [-0.2, 0) is 16.1 Å². The first-order chi connectivity index (χ1) is 11.1. The normalized spacial score (nSPS) is 19.5. The van der Waals surface area contributed by atoms with Crippen LogP contribution in [0.15, 0.2) is 30.5 Å². The van der Waals surface area contributed by atoms with Gasteiger partial charge in [0.25, 0.3) is 0 Å². The standard InChI is InChI=1S/C17H24N4O2/c1-20(12-16(18)22)10-15-11-21(7-8-23-15)9-14-4-2-3-13-5-6-19-17(13)14/h2-6,15,19H,7-12H2,1H3,(H2,18,22)/t15-/m0/s1. The number of morpholine rings is 1. The summed E-state index contributed by atoms with van der Waals surface area (Å²) in [5.41, 5.74) is 7.75. The van der Waals surface area contributed by atoms with Crippen LogP contribution >= 0.6 is 0 Å². The lowest BCUT2D eigenvalue weighted by atomic mass is 10.1. The number of likely N-dealkylation sites (N-methyl/N-ethyl adjacent to an activating group) is 1. The van der Waals surface area contributed by atoms with Crippen LogP contribution in [0.5, 0.6) is 0 Å². The summed E-state index contributed by atoms with van der Waals surface area (Å²) in [4.78, 5) is 18.6. The molecule has 0 unspecified atom stereocenters. The Morgan fingerprint density at radius 2 is 2.35 bits per heavy atom. The van der Waals surface area contributed by atoms with Crippen molar-refractivity contribution < 1.29 is 9.53 Å². The Balaban J connectivity index is 1.60. The van der Waals surface area contributed by atoms with Crippen molar-refractivity contribution in [2.45, 2.75) is 12.6 Å². The molecule has 1 aromatic carbocycles. The number of nitrogens with zero attached hydrogens (tertiary/aromatic N) is 2. The highest BCUT2D eigenvalue weighted by Gasteiger charge is 2.22. The summed E-state index contributed by atoms with van der Waals surface area (Å²) in [5, 5.41) is 1.24. The van der Waals surface area contributed by atoms with E-state index in [1.165, 1.54) is 16.5 Å². The number of amides is 1. The average molecular weight is 316 g/mol. The number of para-hydroxylation sites is 1. The minimum atomic E-state index is -0.307. The van der Waals surface area contributed by atoms with Crippen LogP contribution in [0.4, 0.5) is 0 Å². The number of nitrogens with two attached hydrogens (primary N) is 1. The number of carbonyl (C=O) groups is 1. The smallest absolute Gasteiger partial charge is 0.231 e. The molecule has 6 heteroatoms. The number of benzene rings is 1.